The van der Waals surface area contributed by atoms with Crippen molar-refractivity contribution in [3.05, 3.63) is 23.8 Å². The number of imide groups is 1. The summed E-state index contributed by atoms with van der Waals surface area (Å²) in [5, 5.41) is 4.60. The number of hydrogen-bond donors (Lipinski definition) is 3. The Morgan fingerprint density at radius 3 is 2.53 bits per heavy atom. The standard InChI is InChI=1S/C11H12N2O5S/c1-11(9(14)12-10(15)13-11)7-5-6(19(16)17)3-4-8(7)18-2/h3-5H,1-2H3,(H,16,17)(H2,12,13,14,15). The van der Waals surface area contributed by atoms with Crippen molar-refractivity contribution >= 4 is 23.0 Å². The molecule has 2 rings (SSSR count). The van der Waals surface area contributed by atoms with E-state index in [1.54, 1.807) is 0 Å². The van der Waals surface area contributed by atoms with E-state index in [0.717, 1.165) is 0 Å². The first-order chi connectivity index (χ1) is 8.88. The Morgan fingerprint density at radius 2 is 2.05 bits per heavy atom. The number of hydrogen-bond acceptors (Lipinski definition) is 4. The molecule has 1 aromatic rings. The Hall–Kier alpha value is -1.93. The fraction of sp³-hybridized carbons (Fsp3) is 0.273. The van der Waals surface area contributed by atoms with Crippen molar-refractivity contribution in [2.75, 3.05) is 7.11 Å². The van der Waals surface area contributed by atoms with E-state index in [0.29, 0.717) is 11.3 Å². The van der Waals surface area contributed by atoms with Gasteiger partial charge in [0.15, 0.2) is 11.1 Å². The maximum atomic E-state index is 11.9. The first-order valence-electron chi connectivity index (χ1n) is 5.31. The van der Waals surface area contributed by atoms with Gasteiger partial charge in [0.1, 0.15) is 11.3 Å². The van der Waals surface area contributed by atoms with Crippen LogP contribution in [0.25, 0.3) is 0 Å². The summed E-state index contributed by atoms with van der Waals surface area (Å²) in [5.74, 6) is -0.203. The molecule has 0 saturated carbocycles. The molecule has 1 heterocycles. The van der Waals surface area contributed by atoms with Crippen LogP contribution in [0.5, 0.6) is 5.75 Å². The molecule has 2 atom stereocenters. The molecule has 1 aromatic carbocycles. The van der Waals surface area contributed by atoms with Crippen molar-refractivity contribution in [3.63, 3.8) is 0 Å². The SMILES string of the molecule is COc1ccc(S(=O)O)cc1C1(C)NC(=O)NC1=O. The number of rotatable bonds is 3. The summed E-state index contributed by atoms with van der Waals surface area (Å²) < 4.78 is 25.3. The summed E-state index contributed by atoms with van der Waals surface area (Å²) in [5.41, 5.74) is -1.02. The maximum Gasteiger partial charge on any atom is 0.322 e. The highest BCUT2D eigenvalue weighted by atomic mass is 32.2. The quantitative estimate of drug-likeness (QED) is 0.548. The largest absolute Gasteiger partial charge is 0.496 e. The number of methoxy groups -OCH3 is 1. The molecular formula is C11H12N2O5S. The predicted octanol–water partition coefficient (Wildman–Crippen LogP) is 0.330. The number of carbonyl (C=O) groups is 2. The second-order valence-electron chi connectivity index (χ2n) is 4.14. The van der Waals surface area contributed by atoms with Crippen LogP contribution in [0.1, 0.15) is 12.5 Å². The third-order valence-corrected chi connectivity index (χ3v) is 3.61. The van der Waals surface area contributed by atoms with E-state index in [1.165, 1.54) is 32.2 Å². The number of nitrogens with one attached hydrogen (secondary N) is 2. The zero-order chi connectivity index (χ0) is 14.2. The molecule has 1 fully saturated rings. The molecule has 3 N–H and O–H groups in total. The van der Waals surface area contributed by atoms with Crippen LogP contribution in [0.15, 0.2) is 23.1 Å². The predicted molar refractivity (Wildman–Crippen MR) is 66.1 cm³/mol. The van der Waals surface area contributed by atoms with Crippen LogP contribution >= 0.6 is 0 Å². The van der Waals surface area contributed by atoms with Crippen molar-refractivity contribution < 1.29 is 23.1 Å². The van der Waals surface area contributed by atoms with E-state index in [2.05, 4.69) is 10.6 Å². The normalized spacial score (nSPS) is 23.7. The highest BCUT2D eigenvalue weighted by Gasteiger charge is 2.45. The van der Waals surface area contributed by atoms with E-state index in [9.17, 15) is 13.8 Å². The Kier molecular flexibility index (Phi) is 3.29. The fourth-order valence-corrected chi connectivity index (χ4v) is 2.32. The van der Waals surface area contributed by atoms with Gasteiger partial charge in [-0.05, 0) is 25.1 Å². The summed E-state index contributed by atoms with van der Waals surface area (Å²) >= 11 is -2.19. The topological polar surface area (TPSA) is 105 Å². The van der Waals surface area contributed by atoms with Gasteiger partial charge in [-0.15, -0.1) is 0 Å². The molecule has 1 aliphatic rings. The van der Waals surface area contributed by atoms with Crippen molar-refractivity contribution in [2.45, 2.75) is 17.4 Å². The Labute approximate surface area is 111 Å². The smallest absolute Gasteiger partial charge is 0.322 e. The minimum atomic E-state index is -2.19. The van der Waals surface area contributed by atoms with Crippen LogP contribution < -0.4 is 15.4 Å². The van der Waals surface area contributed by atoms with E-state index >= 15 is 0 Å². The number of amides is 3. The average molecular weight is 284 g/mol. The van der Waals surface area contributed by atoms with Crippen LogP contribution in [0, 0.1) is 0 Å². The minimum Gasteiger partial charge on any atom is -0.496 e. The van der Waals surface area contributed by atoms with Crippen LogP contribution in [0.2, 0.25) is 0 Å². The van der Waals surface area contributed by atoms with Crippen molar-refractivity contribution in [1.82, 2.24) is 10.6 Å². The molecule has 1 aliphatic heterocycles. The summed E-state index contributed by atoms with van der Waals surface area (Å²) in [4.78, 5) is 23.3. The lowest BCUT2D eigenvalue weighted by Gasteiger charge is -2.23. The van der Waals surface area contributed by atoms with Crippen molar-refractivity contribution in [2.24, 2.45) is 0 Å². The zero-order valence-corrected chi connectivity index (χ0v) is 11.0. The molecule has 0 aliphatic carbocycles. The summed E-state index contributed by atoms with van der Waals surface area (Å²) in [6, 6.07) is 3.63. The monoisotopic (exact) mass is 284 g/mol. The van der Waals surface area contributed by atoms with Crippen molar-refractivity contribution in [3.8, 4) is 5.75 Å². The van der Waals surface area contributed by atoms with Gasteiger partial charge < -0.3 is 14.6 Å². The lowest BCUT2D eigenvalue weighted by atomic mass is 9.91. The van der Waals surface area contributed by atoms with Gasteiger partial charge in [-0.3, -0.25) is 10.1 Å². The van der Waals surface area contributed by atoms with Gasteiger partial charge in [0.25, 0.3) is 5.91 Å². The highest BCUT2D eigenvalue weighted by molar-refractivity contribution is 7.79. The Balaban J connectivity index is 2.59. The van der Waals surface area contributed by atoms with Crippen LogP contribution in [-0.2, 0) is 21.4 Å². The van der Waals surface area contributed by atoms with Crippen LogP contribution in [0.4, 0.5) is 4.79 Å². The van der Waals surface area contributed by atoms with E-state index in [4.69, 9.17) is 9.29 Å². The van der Waals surface area contributed by atoms with Crippen LogP contribution in [-0.4, -0.2) is 27.8 Å². The molecule has 0 aromatic heterocycles. The lowest BCUT2D eigenvalue weighted by molar-refractivity contribution is -0.123. The van der Waals surface area contributed by atoms with Gasteiger partial charge >= 0.3 is 6.03 Å². The Bertz CT molecular complexity index is 588. The number of urea groups is 1. The van der Waals surface area contributed by atoms with E-state index < -0.39 is 28.6 Å². The van der Waals surface area contributed by atoms with Gasteiger partial charge in [0.2, 0.25) is 0 Å². The first-order valence-corrected chi connectivity index (χ1v) is 6.42. The van der Waals surface area contributed by atoms with E-state index in [-0.39, 0.29) is 4.90 Å². The van der Waals surface area contributed by atoms with Gasteiger partial charge in [0, 0.05) is 5.56 Å². The molecule has 3 amide bonds. The number of benzene rings is 1. The summed E-state index contributed by atoms with van der Waals surface area (Å²) in [6.07, 6.45) is 0. The molecular weight excluding hydrogens is 272 g/mol. The minimum absolute atomic E-state index is 0.117. The number of ether oxygens (including phenoxy) is 1. The van der Waals surface area contributed by atoms with Gasteiger partial charge in [-0.25, -0.2) is 9.00 Å². The molecule has 8 heteroatoms. The molecule has 19 heavy (non-hydrogen) atoms. The second kappa shape index (κ2) is 4.63. The fourth-order valence-electron chi connectivity index (χ4n) is 1.92. The second-order valence-corrected chi connectivity index (χ2v) is 5.11. The van der Waals surface area contributed by atoms with Crippen molar-refractivity contribution in [1.29, 1.82) is 0 Å². The third kappa shape index (κ3) is 2.20. The van der Waals surface area contributed by atoms with Crippen LogP contribution in [0.3, 0.4) is 0 Å². The molecule has 0 radical (unpaired) electrons. The van der Waals surface area contributed by atoms with Gasteiger partial charge in [-0.1, -0.05) is 0 Å². The molecule has 102 valence electrons. The first kappa shape index (κ1) is 13.5. The zero-order valence-electron chi connectivity index (χ0n) is 10.2. The molecule has 0 bridgehead atoms. The van der Waals surface area contributed by atoms with E-state index in [1.807, 2.05) is 0 Å². The lowest BCUT2D eigenvalue weighted by Crippen LogP contribution is -2.40. The molecule has 2 unspecified atom stereocenters. The summed E-state index contributed by atoms with van der Waals surface area (Å²) in [6.45, 7) is 1.50. The molecule has 0 spiro atoms. The van der Waals surface area contributed by atoms with Gasteiger partial charge in [-0.2, -0.15) is 0 Å². The maximum absolute atomic E-state index is 11.9. The third-order valence-electron chi connectivity index (χ3n) is 2.96. The highest BCUT2D eigenvalue weighted by Crippen LogP contribution is 2.33. The number of carbonyl (C=O) groups excluding carboxylic acids is 2. The van der Waals surface area contributed by atoms with Gasteiger partial charge in [0.05, 0.1) is 12.0 Å². The Morgan fingerprint density at radius 1 is 1.37 bits per heavy atom. The summed E-state index contributed by atoms with van der Waals surface area (Å²) in [7, 11) is 1.41. The molecule has 7 nitrogen and oxygen atoms in total. The molecule has 1 saturated heterocycles. The average Bonchev–Trinajstić information content (AvgIpc) is 2.63.